The number of halogens is 1. The molecule has 1 aromatic heterocycles. The first kappa shape index (κ1) is 10.5. The summed E-state index contributed by atoms with van der Waals surface area (Å²) in [5.41, 5.74) is 7.57. The van der Waals surface area contributed by atoms with E-state index in [9.17, 15) is 0 Å². The van der Waals surface area contributed by atoms with Crippen LogP contribution in [0, 0.1) is 0 Å². The van der Waals surface area contributed by atoms with Crippen molar-refractivity contribution in [1.82, 2.24) is 9.55 Å². The Hall–Kier alpha value is -1.06. The van der Waals surface area contributed by atoms with Gasteiger partial charge in [-0.05, 0) is 26.0 Å². The van der Waals surface area contributed by atoms with Crippen molar-refractivity contribution >= 4 is 22.6 Å². The zero-order valence-corrected chi connectivity index (χ0v) is 9.62. The number of benzene rings is 1. The van der Waals surface area contributed by atoms with Gasteiger partial charge in [0.05, 0.1) is 17.1 Å². The molecule has 0 aliphatic heterocycles. The van der Waals surface area contributed by atoms with Crippen molar-refractivity contribution in [3.8, 4) is 0 Å². The molecule has 1 heterocycles. The molecule has 0 amide bonds. The van der Waals surface area contributed by atoms with Gasteiger partial charge in [-0.15, -0.1) is 0 Å². The summed E-state index contributed by atoms with van der Waals surface area (Å²) in [5, 5.41) is 0.682. The van der Waals surface area contributed by atoms with Gasteiger partial charge >= 0.3 is 0 Å². The van der Waals surface area contributed by atoms with Gasteiger partial charge in [-0.1, -0.05) is 17.7 Å². The van der Waals surface area contributed by atoms with E-state index in [-0.39, 0.29) is 0 Å². The highest BCUT2D eigenvalue weighted by molar-refractivity contribution is 6.34. The summed E-state index contributed by atoms with van der Waals surface area (Å²) in [5.74, 6) is 0.883. The van der Waals surface area contributed by atoms with E-state index in [2.05, 4.69) is 23.4 Å². The molecule has 0 spiro atoms. The largest absolute Gasteiger partial charge is 0.324 e. The van der Waals surface area contributed by atoms with E-state index >= 15 is 0 Å². The maximum atomic E-state index is 6.09. The third-order valence-electron chi connectivity index (χ3n) is 2.44. The molecule has 2 rings (SSSR count). The monoisotopic (exact) mass is 223 g/mol. The second-order valence-corrected chi connectivity index (χ2v) is 4.21. The van der Waals surface area contributed by atoms with Crippen LogP contribution in [0.5, 0.6) is 0 Å². The van der Waals surface area contributed by atoms with Crippen molar-refractivity contribution in [3.63, 3.8) is 0 Å². The lowest BCUT2D eigenvalue weighted by molar-refractivity contribution is 0.585. The molecule has 80 valence electrons. The first-order chi connectivity index (χ1) is 7.15. The number of hydrogen-bond acceptors (Lipinski definition) is 2. The van der Waals surface area contributed by atoms with E-state index in [1.54, 1.807) is 0 Å². The highest BCUT2D eigenvalue weighted by Crippen LogP contribution is 2.26. The number of nitrogens with two attached hydrogens (primary N) is 1. The molecule has 1 aromatic carbocycles. The summed E-state index contributed by atoms with van der Waals surface area (Å²) in [7, 11) is 0. The second-order valence-electron chi connectivity index (χ2n) is 3.80. The highest BCUT2D eigenvalue weighted by atomic mass is 35.5. The number of hydrogen-bond donors (Lipinski definition) is 1. The van der Waals surface area contributed by atoms with E-state index in [0.717, 1.165) is 16.9 Å². The second kappa shape index (κ2) is 3.83. The van der Waals surface area contributed by atoms with Crippen LogP contribution < -0.4 is 5.73 Å². The molecule has 15 heavy (non-hydrogen) atoms. The molecule has 0 fully saturated rings. The van der Waals surface area contributed by atoms with Crippen LogP contribution in [0.3, 0.4) is 0 Å². The molecule has 2 N–H and O–H groups in total. The summed E-state index contributed by atoms with van der Waals surface area (Å²) in [6.07, 6.45) is 0. The average Bonchev–Trinajstić information content (AvgIpc) is 2.57. The average molecular weight is 224 g/mol. The van der Waals surface area contributed by atoms with E-state index in [4.69, 9.17) is 17.3 Å². The Labute approximate surface area is 93.9 Å². The molecule has 0 atom stereocenters. The van der Waals surface area contributed by atoms with Crippen molar-refractivity contribution in [2.24, 2.45) is 5.73 Å². The van der Waals surface area contributed by atoms with Crippen molar-refractivity contribution in [2.75, 3.05) is 0 Å². The normalized spacial score (nSPS) is 11.5. The van der Waals surface area contributed by atoms with Crippen LogP contribution in [-0.2, 0) is 6.54 Å². The van der Waals surface area contributed by atoms with Crippen molar-refractivity contribution in [1.29, 1.82) is 0 Å². The molecule has 0 saturated heterocycles. The Morgan fingerprint density at radius 1 is 1.47 bits per heavy atom. The van der Waals surface area contributed by atoms with Crippen LogP contribution in [0.1, 0.15) is 25.7 Å². The molecule has 0 bridgehead atoms. The maximum absolute atomic E-state index is 6.09. The fraction of sp³-hybridized carbons (Fsp3) is 0.364. The van der Waals surface area contributed by atoms with Gasteiger partial charge in [0.25, 0.3) is 0 Å². The van der Waals surface area contributed by atoms with Crippen molar-refractivity contribution in [2.45, 2.75) is 26.4 Å². The SMILES string of the molecule is CC(C)n1c(CN)nc2c(Cl)cccc21. The van der Waals surface area contributed by atoms with Gasteiger partial charge in [0.1, 0.15) is 11.3 Å². The minimum Gasteiger partial charge on any atom is -0.324 e. The summed E-state index contributed by atoms with van der Waals surface area (Å²) >= 11 is 6.09. The van der Waals surface area contributed by atoms with Crippen LogP contribution in [-0.4, -0.2) is 9.55 Å². The summed E-state index contributed by atoms with van der Waals surface area (Å²) in [6, 6.07) is 6.15. The molecule has 0 aliphatic carbocycles. The summed E-state index contributed by atoms with van der Waals surface area (Å²) in [6.45, 7) is 4.66. The van der Waals surface area contributed by atoms with Gasteiger partial charge in [-0.2, -0.15) is 0 Å². The van der Waals surface area contributed by atoms with Gasteiger partial charge in [-0.25, -0.2) is 4.98 Å². The fourth-order valence-corrected chi connectivity index (χ4v) is 2.06. The zero-order valence-electron chi connectivity index (χ0n) is 8.87. The third kappa shape index (κ3) is 1.62. The predicted octanol–water partition coefficient (Wildman–Crippen LogP) is 2.73. The van der Waals surface area contributed by atoms with Crippen molar-refractivity contribution < 1.29 is 0 Å². The number of para-hydroxylation sites is 1. The first-order valence-corrected chi connectivity index (χ1v) is 5.38. The Morgan fingerprint density at radius 3 is 2.80 bits per heavy atom. The minimum atomic E-state index is 0.340. The number of nitrogens with zero attached hydrogens (tertiary/aromatic N) is 2. The van der Waals surface area contributed by atoms with Crippen LogP contribution >= 0.6 is 11.6 Å². The van der Waals surface area contributed by atoms with E-state index in [0.29, 0.717) is 17.6 Å². The fourth-order valence-electron chi connectivity index (χ4n) is 1.85. The smallest absolute Gasteiger partial charge is 0.123 e. The molecule has 2 aromatic rings. The number of aromatic nitrogens is 2. The Bertz CT molecular complexity index is 488. The minimum absolute atomic E-state index is 0.340. The molecule has 0 radical (unpaired) electrons. The highest BCUT2D eigenvalue weighted by Gasteiger charge is 2.13. The van der Waals surface area contributed by atoms with Crippen LogP contribution in [0.15, 0.2) is 18.2 Å². The van der Waals surface area contributed by atoms with Crippen LogP contribution in [0.2, 0.25) is 5.02 Å². The summed E-state index contributed by atoms with van der Waals surface area (Å²) in [4.78, 5) is 4.46. The van der Waals surface area contributed by atoms with Gasteiger partial charge in [0.15, 0.2) is 0 Å². The zero-order chi connectivity index (χ0) is 11.0. The summed E-state index contributed by atoms with van der Waals surface area (Å²) < 4.78 is 2.13. The van der Waals surface area contributed by atoms with Crippen molar-refractivity contribution in [3.05, 3.63) is 29.0 Å². The van der Waals surface area contributed by atoms with Gasteiger partial charge in [-0.3, -0.25) is 0 Å². The first-order valence-electron chi connectivity index (χ1n) is 5.00. The van der Waals surface area contributed by atoms with Gasteiger partial charge in [0, 0.05) is 6.04 Å². The molecular weight excluding hydrogens is 210 g/mol. The van der Waals surface area contributed by atoms with E-state index in [1.807, 2.05) is 18.2 Å². The third-order valence-corrected chi connectivity index (χ3v) is 2.75. The number of fused-ring (bicyclic) bond motifs is 1. The lowest BCUT2D eigenvalue weighted by Gasteiger charge is -2.11. The lowest BCUT2D eigenvalue weighted by atomic mass is 10.3. The van der Waals surface area contributed by atoms with Gasteiger partial charge in [0.2, 0.25) is 0 Å². The quantitative estimate of drug-likeness (QED) is 0.851. The topological polar surface area (TPSA) is 43.8 Å². The maximum Gasteiger partial charge on any atom is 0.123 e. The van der Waals surface area contributed by atoms with E-state index < -0.39 is 0 Å². The van der Waals surface area contributed by atoms with Crippen LogP contribution in [0.25, 0.3) is 11.0 Å². The number of rotatable bonds is 2. The standard InChI is InChI=1S/C11H14ClN3/c1-7(2)15-9-5-3-4-8(12)11(9)14-10(15)6-13/h3-5,7H,6,13H2,1-2H3. The Morgan fingerprint density at radius 2 is 2.20 bits per heavy atom. The predicted molar refractivity (Wildman–Crippen MR) is 63.0 cm³/mol. The Kier molecular flexibility index (Phi) is 2.67. The molecule has 0 unspecified atom stereocenters. The molecule has 4 heteroatoms. The van der Waals surface area contributed by atoms with E-state index in [1.165, 1.54) is 0 Å². The molecular formula is C11H14ClN3. The molecule has 0 aliphatic rings. The van der Waals surface area contributed by atoms with Gasteiger partial charge < -0.3 is 10.3 Å². The molecule has 3 nitrogen and oxygen atoms in total. The lowest BCUT2D eigenvalue weighted by Crippen LogP contribution is -2.10. The molecule has 0 saturated carbocycles. The van der Waals surface area contributed by atoms with Crippen LogP contribution in [0.4, 0.5) is 0 Å². The number of imidazole rings is 1. The Balaban J connectivity index is 2.80.